The SMILES string of the molecule is Nc1nc(-c2cnn(CC(=O)O)c2)nc2c1ncn2[C@@H]1O[C@H](CO)[C@@H](O)[C@H]1O. The monoisotopic (exact) mass is 391 g/mol. The Morgan fingerprint density at radius 2 is 2.07 bits per heavy atom. The first kappa shape index (κ1) is 18.2. The molecule has 0 radical (unpaired) electrons. The van der Waals surface area contributed by atoms with Gasteiger partial charge in [-0.3, -0.25) is 14.0 Å². The predicted octanol–water partition coefficient (Wildman–Crippen LogP) is -2.03. The standard InChI is InChI=1S/C15H17N7O6/c16-12-9-14(20-13(19-12)6-1-18-21(2-6)3-8(24)25)22(5-17-9)15-11(27)10(26)7(4-23)28-15/h1-2,5,7,10-11,15,23,26-27H,3-4H2,(H,24,25)(H2,16,19,20)/t7-,10-,11-,15-/m1/s1. The predicted molar refractivity (Wildman–Crippen MR) is 91.6 cm³/mol. The van der Waals surface area contributed by atoms with Crippen molar-refractivity contribution in [3.63, 3.8) is 0 Å². The molecular weight excluding hydrogens is 374 g/mol. The summed E-state index contributed by atoms with van der Waals surface area (Å²) < 4.78 is 8.11. The Hall–Kier alpha value is -3.13. The lowest BCUT2D eigenvalue weighted by molar-refractivity contribution is -0.137. The molecule has 3 aromatic heterocycles. The Morgan fingerprint density at radius 1 is 1.29 bits per heavy atom. The fourth-order valence-electron chi connectivity index (χ4n) is 3.07. The summed E-state index contributed by atoms with van der Waals surface area (Å²) in [5, 5.41) is 42.3. The molecular formula is C15H17N7O6. The number of aliphatic carboxylic acids is 1. The minimum atomic E-state index is -1.31. The third-order valence-electron chi connectivity index (χ3n) is 4.43. The first-order chi connectivity index (χ1) is 13.4. The molecule has 1 fully saturated rings. The zero-order valence-corrected chi connectivity index (χ0v) is 14.3. The number of aromatic nitrogens is 6. The van der Waals surface area contributed by atoms with E-state index in [0.29, 0.717) is 5.56 Å². The van der Waals surface area contributed by atoms with E-state index in [1.165, 1.54) is 28.0 Å². The minimum absolute atomic E-state index is 0.0662. The molecule has 0 unspecified atom stereocenters. The average molecular weight is 391 g/mol. The average Bonchev–Trinajstić information content (AvgIpc) is 3.34. The highest BCUT2D eigenvalue weighted by Gasteiger charge is 2.44. The van der Waals surface area contributed by atoms with Crippen LogP contribution in [0.4, 0.5) is 5.82 Å². The van der Waals surface area contributed by atoms with Crippen molar-refractivity contribution < 1.29 is 30.0 Å². The fraction of sp³-hybridized carbons (Fsp3) is 0.400. The molecule has 6 N–H and O–H groups in total. The van der Waals surface area contributed by atoms with Crippen molar-refractivity contribution in [2.45, 2.75) is 31.1 Å². The highest BCUT2D eigenvalue weighted by Crippen LogP contribution is 2.32. The van der Waals surface area contributed by atoms with Gasteiger partial charge in [0.05, 0.1) is 24.7 Å². The van der Waals surface area contributed by atoms with Crippen molar-refractivity contribution in [1.29, 1.82) is 0 Å². The number of nitrogen functional groups attached to an aromatic ring is 1. The topological polar surface area (TPSA) is 195 Å². The van der Waals surface area contributed by atoms with Crippen LogP contribution in [-0.2, 0) is 16.1 Å². The number of nitrogens with two attached hydrogens (primary N) is 1. The largest absolute Gasteiger partial charge is 0.480 e. The van der Waals surface area contributed by atoms with Crippen LogP contribution in [0.15, 0.2) is 18.7 Å². The van der Waals surface area contributed by atoms with E-state index >= 15 is 0 Å². The number of carbonyl (C=O) groups is 1. The number of nitrogens with zero attached hydrogens (tertiary/aromatic N) is 6. The van der Waals surface area contributed by atoms with Crippen LogP contribution in [0.25, 0.3) is 22.6 Å². The summed E-state index contributed by atoms with van der Waals surface area (Å²) in [4.78, 5) is 23.5. The number of carboxylic acid groups (broad SMARTS) is 1. The summed E-state index contributed by atoms with van der Waals surface area (Å²) in [7, 11) is 0. The smallest absolute Gasteiger partial charge is 0.325 e. The maximum absolute atomic E-state index is 10.8. The second kappa shape index (κ2) is 6.79. The van der Waals surface area contributed by atoms with E-state index in [0.717, 1.165) is 0 Å². The van der Waals surface area contributed by atoms with E-state index in [1.807, 2.05) is 0 Å². The zero-order chi connectivity index (χ0) is 20.0. The lowest BCUT2D eigenvalue weighted by Crippen LogP contribution is -2.33. The molecule has 3 aromatic rings. The van der Waals surface area contributed by atoms with Gasteiger partial charge in [-0.1, -0.05) is 0 Å². The molecule has 1 aliphatic rings. The van der Waals surface area contributed by atoms with Gasteiger partial charge in [0.25, 0.3) is 0 Å². The molecule has 0 bridgehead atoms. The van der Waals surface area contributed by atoms with E-state index in [4.69, 9.17) is 15.6 Å². The van der Waals surface area contributed by atoms with Gasteiger partial charge >= 0.3 is 5.97 Å². The molecule has 1 saturated heterocycles. The lowest BCUT2D eigenvalue weighted by Gasteiger charge is -2.16. The second-order valence-electron chi connectivity index (χ2n) is 6.31. The maximum atomic E-state index is 10.8. The fourth-order valence-corrected chi connectivity index (χ4v) is 3.07. The second-order valence-corrected chi connectivity index (χ2v) is 6.31. The van der Waals surface area contributed by atoms with Crippen molar-refractivity contribution in [3.8, 4) is 11.4 Å². The van der Waals surface area contributed by atoms with Gasteiger partial charge in [-0.15, -0.1) is 0 Å². The number of hydrogen-bond acceptors (Lipinski definition) is 10. The van der Waals surface area contributed by atoms with E-state index in [1.54, 1.807) is 0 Å². The zero-order valence-electron chi connectivity index (χ0n) is 14.3. The van der Waals surface area contributed by atoms with E-state index in [9.17, 15) is 20.1 Å². The van der Waals surface area contributed by atoms with Crippen LogP contribution in [0.3, 0.4) is 0 Å². The number of carboxylic acids is 1. The summed E-state index contributed by atoms with van der Waals surface area (Å²) in [5.74, 6) is -0.806. The molecule has 4 rings (SSSR count). The minimum Gasteiger partial charge on any atom is -0.480 e. The van der Waals surface area contributed by atoms with E-state index in [2.05, 4.69) is 20.1 Å². The lowest BCUT2D eigenvalue weighted by atomic mass is 10.1. The Balaban J connectivity index is 1.75. The Bertz CT molecular complexity index is 1030. The number of ether oxygens (including phenoxy) is 1. The van der Waals surface area contributed by atoms with Gasteiger partial charge < -0.3 is 30.9 Å². The first-order valence-electron chi connectivity index (χ1n) is 8.26. The van der Waals surface area contributed by atoms with Crippen molar-refractivity contribution >= 4 is 23.0 Å². The molecule has 0 aliphatic carbocycles. The number of anilines is 1. The first-order valence-corrected chi connectivity index (χ1v) is 8.26. The number of imidazole rings is 1. The molecule has 0 aromatic carbocycles. The number of aliphatic hydroxyl groups is 3. The van der Waals surface area contributed by atoms with Gasteiger partial charge in [-0.25, -0.2) is 15.0 Å². The van der Waals surface area contributed by atoms with Crippen LogP contribution >= 0.6 is 0 Å². The quantitative estimate of drug-likeness (QED) is 0.322. The molecule has 0 amide bonds. The number of rotatable bonds is 5. The number of fused-ring (bicyclic) bond motifs is 1. The normalized spacial score (nSPS) is 24.8. The Labute approximate surface area is 156 Å². The summed E-state index contributed by atoms with van der Waals surface area (Å²) in [6.45, 7) is -0.787. The molecule has 0 spiro atoms. The summed E-state index contributed by atoms with van der Waals surface area (Å²) >= 11 is 0. The van der Waals surface area contributed by atoms with Gasteiger partial charge in [0.15, 0.2) is 23.5 Å². The molecule has 13 nitrogen and oxygen atoms in total. The molecule has 4 heterocycles. The van der Waals surface area contributed by atoms with E-state index in [-0.39, 0.29) is 29.4 Å². The Kier molecular flexibility index (Phi) is 4.43. The number of hydrogen-bond donors (Lipinski definition) is 5. The van der Waals surface area contributed by atoms with Crippen molar-refractivity contribution in [3.05, 3.63) is 18.7 Å². The highest BCUT2D eigenvalue weighted by molar-refractivity contribution is 5.83. The Morgan fingerprint density at radius 3 is 2.75 bits per heavy atom. The highest BCUT2D eigenvalue weighted by atomic mass is 16.6. The molecule has 4 atom stereocenters. The summed E-state index contributed by atoms with van der Waals surface area (Å²) in [6, 6.07) is 0. The molecule has 148 valence electrons. The van der Waals surface area contributed by atoms with Gasteiger partial charge in [-0.05, 0) is 0 Å². The maximum Gasteiger partial charge on any atom is 0.325 e. The van der Waals surface area contributed by atoms with Gasteiger partial charge in [0.2, 0.25) is 0 Å². The summed E-state index contributed by atoms with van der Waals surface area (Å²) in [6.07, 6.45) is -0.376. The van der Waals surface area contributed by atoms with Gasteiger partial charge in [0, 0.05) is 6.20 Å². The van der Waals surface area contributed by atoms with E-state index < -0.39 is 37.1 Å². The molecule has 13 heteroatoms. The van der Waals surface area contributed by atoms with Crippen LogP contribution in [0.1, 0.15) is 6.23 Å². The van der Waals surface area contributed by atoms with Crippen LogP contribution in [0.2, 0.25) is 0 Å². The summed E-state index contributed by atoms with van der Waals surface area (Å²) in [5.41, 5.74) is 6.90. The van der Waals surface area contributed by atoms with Crippen molar-refractivity contribution in [1.82, 2.24) is 29.3 Å². The molecule has 0 saturated carbocycles. The van der Waals surface area contributed by atoms with Crippen LogP contribution < -0.4 is 5.73 Å². The van der Waals surface area contributed by atoms with Crippen LogP contribution in [0.5, 0.6) is 0 Å². The third kappa shape index (κ3) is 2.95. The molecule has 1 aliphatic heterocycles. The van der Waals surface area contributed by atoms with Gasteiger partial charge in [-0.2, -0.15) is 5.10 Å². The third-order valence-corrected chi connectivity index (χ3v) is 4.43. The van der Waals surface area contributed by atoms with Gasteiger partial charge in [0.1, 0.15) is 30.4 Å². The van der Waals surface area contributed by atoms with Crippen LogP contribution in [-0.4, -0.2) is 80.6 Å². The number of aliphatic hydroxyl groups excluding tert-OH is 3. The molecule has 28 heavy (non-hydrogen) atoms. The van der Waals surface area contributed by atoms with Crippen molar-refractivity contribution in [2.24, 2.45) is 0 Å². The van der Waals surface area contributed by atoms with Crippen LogP contribution in [0, 0.1) is 0 Å². The van der Waals surface area contributed by atoms with Crippen molar-refractivity contribution in [2.75, 3.05) is 12.3 Å².